The van der Waals surface area contributed by atoms with Crippen LogP contribution in [-0.4, -0.2) is 48.3 Å². The number of hydrogen-bond acceptors (Lipinski definition) is 7. The SMILES string of the molecule is COc1ccc(-c2noc(CNc3cc(Cl)ccc3C(=O)N3CCCCC3)n2)c(OC)c1. The molecule has 0 radical (unpaired) electrons. The minimum atomic E-state index is -0.00180. The van der Waals surface area contributed by atoms with Crippen LogP contribution < -0.4 is 14.8 Å². The van der Waals surface area contributed by atoms with Crippen molar-refractivity contribution in [2.45, 2.75) is 25.8 Å². The molecule has 2 heterocycles. The van der Waals surface area contributed by atoms with Crippen molar-refractivity contribution < 1.29 is 18.8 Å². The molecule has 168 valence electrons. The van der Waals surface area contributed by atoms with Gasteiger partial charge in [0.15, 0.2) is 0 Å². The van der Waals surface area contributed by atoms with Crippen LogP contribution in [0.3, 0.4) is 0 Å². The van der Waals surface area contributed by atoms with E-state index in [0.29, 0.717) is 45.1 Å². The molecule has 0 bridgehead atoms. The Hall–Kier alpha value is -3.26. The van der Waals surface area contributed by atoms with E-state index in [2.05, 4.69) is 15.5 Å². The van der Waals surface area contributed by atoms with Gasteiger partial charge in [0.05, 0.1) is 31.9 Å². The van der Waals surface area contributed by atoms with Crippen molar-refractivity contribution in [3.63, 3.8) is 0 Å². The number of ether oxygens (including phenoxy) is 2. The zero-order chi connectivity index (χ0) is 22.5. The van der Waals surface area contributed by atoms with E-state index in [9.17, 15) is 4.79 Å². The average molecular weight is 457 g/mol. The van der Waals surface area contributed by atoms with Gasteiger partial charge in [-0.1, -0.05) is 16.8 Å². The van der Waals surface area contributed by atoms with Crippen molar-refractivity contribution in [2.24, 2.45) is 0 Å². The predicted octanol–water partition coefficient (Wildman–Crippen LogP) is 4.65. The molecule has 4 rings (SSSR count). The first-order chi connectivity index (χ1) is 15.6. The number of carbonyl (C=O) groups is 1. The number of carbonyl (C=O) groups excluding carboxylic acids is 1. The molecule has 0 saturated carbocycles. The van der Waals surface area contributed by atoms with E-state index in [1.807, 2.05) is 11.0 Å². The molecule has 0 unspecified atom stereocenters. The van der Waals surface area contributed by atoms with Gasteiger partial charge in [0.25, 0.3) is 5.91 Å². The first kappa shape index (κ1) is 22.0. The topological polar surface area (TPSA) is 89.7 Å². The number of aromatic nitrogens is 2. The molecule has 1 aliphatic heterocycles. The number of nitrogens with zero attached hydrogens (tertiary/aromatic N) is 3. The predicted molar refractivity (Wildman–Crippen MR) is 121 cm³/mol. The molecule has 3 aromatic rings. The molecule has 1 N–H and O–H groups in total. The molecule has 0 atom stereocenters. The first-order valence-corrected chi connectivity index (χ1v) is 10.8. The van der Waals surface area contributed by atoms with Crippen molar-refractivity contribution in [3.8, 4) is 22.9 Å². The van der Waals surface area contributed by atoms with Crippen LogP contribution in [0.2, 0.25) is 5.02 Å². The zero-order valence-electron chi connectivity index (χ0n) is 18.1. The summed E-state index contributed by atoms with van der Waals surface area (Å²) >= 11 is 6.19. The minimum absolute atomic E-state index is 0.00180. The molecular formula is C23H25ClN4O4. The van der Waals surface area contributed by atoms with Crippen LogP contribution in [0.15, 0.2) is 40.9 Å². The van der Waals surface area contributed by atoms with Gasteiger partial charge in [0.2, 0.25) is 11.7 Å². The van der Waals surface area contributed by atoms with Crippen LogP contribution in [0, 0.1) is 0 Å². The number of likely N-dealkylation sites (tertiary alicyclic amines) is 1. The minimum Gasteiger partial charge on any atom is -0.497 e. The Morgan fingerprint density at radius 3 is 2.69 bits per heavy atom. The number of benzene rings is 2. The van der Waals surface area contributed by atoms with E-state index in [0.717, 1.165) is 32.4 Å². The Bertz CT molecular complexity index is 1100. The molecule has 0 spiro atoms. The highest BCUT2D eigenvalue weighted by Crippen LogP contribution is 2.32. The van der Waals surface area contributed by atoms with E-state index in [1.165, 1.54) is 0 Å². The van der Waals surface area contributed by atoms with Gasteiger partial charge < -0.3 is 24.2 Å². The molecular weight excluding hydrogens is 432 g/mol. The van der Waals surface area contributed by atoms with Crippen LogP contribution in [0.4, 0.5) is 5.69 Å². The smallest absolute Gasteiger partial charge is 0.255 e. The van der Waals surface area contributed by atoms with E-state index >= 15 is 0 Å². The van der Waals surface area contributed by atoms with Gasteiger partial charge in [-0.05, 0) is 49.6 Å². The normalized spacial score (nSPS) is 13.7. The van der Waals surface area contributed by atoms with Crippen molar-refractivity contribution in [1.29, 1.82) is 0 Å². The third-order valence-corrected chi connectivity index (χ3v) is 5.64. The van der Waals surface area contributed by atoms with Gasteiger partial charge in [-0.2, -0.15) is 4.98 Å². The molecule has 1 aliphatic rings. The maximum absolute atomic E-state index is 13.0. The fourth-order valence-corrected chi connectivity index (χ4v) is 3.88. The number of piperidine rings is 1. The van der Waals surface area contributed by atoms with Gasteiger partial charge in [-0.3, -0.25) is 4.79 Å². The summed E-state index contributed by atoms with van der Waals surface area (Å²) in [4.78, 5) is 19.4. The molecule has 1 saturated heterocycles. The summed E-state index contributed by atoms with van der Waals surface area (Å²) in [5.74, 6) is 2.01. The van der Waals surface area contributed by atoms with Crippen molar-refractivity contribution in [2.75, 3.05) is 32.6 Å². The van der Waals surface area contributed by atoms with Gasteiger partial charge >= 0.3 is 0 Å². The molecule has 1 aromatic heterocycles. The number of nitrogens with one attached hydrogen (secondary N) is 1. The number of rotatable bonds is 7. The third-order valence-electron chi connectivity index (χ3n) is 5.40. The molecule has 32 heavy (non-hydrogen) atoms. The van der Waals surface area contributed by atoms with Gasteiger partial charge in [0.1, 0.15) is 11.5 Å². The summed E-state index contributed by atoms with van der Waals surface area (Å²) in [7, 11) is 3.16. The highest BCUT2D eigenvalue weighted by Gasteiger charge is 2.21. The average Bonchev–Trinajstić information content (AvgIpc) is 3.31. The lowest BCUT2D eigenvalue weighted by Crippen LogP contribution is -2.36. The van der Waals surface area contributed by atoms with Crippen molar-refractivity contribution >= 4 is 23.2 Å². The van der Waals surface area contributed by atoms with Crippen LogP contribution in [-0.2, 0) is 6.54 Å². The Morgan fingerprint density at radius 2 is 1.94 bits per heavy atom. The van der Waals surface area contributed by atoms with Gasteiger partial charge in [0, 0.05) is 29.9 Å². The summed E-state index contributed by atoms with van der Waals surface area (Å²) in [6.45, 7) is 1.79. The van der Waals surface area contributed by atoms with Gasteiger partial charge in [-0.15, -0.1) is 0 Å². The second kappa shape index (κ2) is 9.91. The first-order valence-electron chi connectivity index (χ1n) is 10.5. The quantitative estimate of drug-likeness (QED) is 0.553. The Balaban J connectivity index is 1.51. The molecule has 2 aromatic carbocycles. The lowest BCUT2D eigenvalue weighted by atomic mass is 10.1. The van der Waals surface area contributed by atoms with E-state index in [-0.39, 0.29) is 12.5 Å². The molecule has 1 fully saturated rings. The zero-order valence-corrected chi connectivity index (χ0v) is 18.8. The fourth-order valence-electron chi connectivity index (χ4n) is 3.71. The summed E-state index contributed by atoms with van der Waals surface area (Å²) in [5.41, 5.74) is 1.90. The van der Waals surface area contributed by atoms with Crippen molar-refractivity contribution in [3.05, 3.63) is 52.9 Å². The highest BCUT2D eigenvalue weighted by atomic mass is 35.5. The lowest BCUT2D eigenvalue weighted by molar-refractivity contribution is 0.0725. The van der Waals surface area contributed by atoms with Crippen LogP contribution >= 0.6 is 11.6 Å². The second-order valence-corrected chi connectivity index (χ2v) is 7.91. The lowest BCUT2D eigenvalue weighted by Gasteiger charge is -2.27. The van der Waals surface area contributed by atoms with Crippen LogP contribution in [0.5, 0.6) is 11.5 Å². The summed E-state index contributed by atoms with van der Waals surface area (Å²) in [6, 6.07) is 10.6. The molecule has 9 heteroatoms. The standard InChI is InChI=1S/C23H25ClN4O4/c1-30-16-7-9-18(20(13-16)31-2)22-26-21(32-27-22)14-25-19-12-15(24)6-8-17(19)23(29)28-10-4-3-5-11-28/h6-9,12-13,25H,3-5,10-11,14H2,1-2H3. The monoisotopic (exact) mass is 456 g/mol. The maximum atomic E-state index is 13.0. The number of methoxy groups -OCH3 is 2. The maximum Gasteiger partial charge on any atom is 0.255 e. The summed E-state index contributed by atoms with van der Waals surface area (Å²) in [5, 5.41) is 7.82. The summed E-state index contributed by atoms with van der Waals surface area (Å²) < 4.78 is 16.1. The Morgan fingerprint density at radius 1 is 1.12 bits per heavy atom. The van der Waals surface area contributed by atoms with Gasteiger partial charge in [-0.25, -0.2) is 0 Å². The Labute approximate surface area is 191 Å². The second-order valence-electron chi connectivity index (χ2n) is 7.47. The number of anilines is 1. The van der Waals surface area contributed by atoms with Crippen LogP contribution in [0.25, 0.3) is 11.4 Å². The molecule has 8 nitrogen and oxygen atoms in total. The fraction of sp³-hybridized carbons (Fsp3) is 0.348. The summed E-state index contributed by atoms with van der Waals surface area (Å²) in [6.07, 6.45) is 3.22. The number of halogens is 1. The van der Waals surface area contributed by atoms with Crippen molar-refractivity contribution in [1.82, 2.24) is 15.0 Å². The molecule has 0 aliphatic carbocycles. The van der Waals surface area contributed by atoms with Crippen LogP contribution in [0.1, 0.15) is 35.5 Å². The Kier molecular flexibility index (Phi) is 6.80. The number of hydrogen-bond donors (Lipinski definition) is 1. The largest absolute Gasteiger partial charge is 0.497 e. The highest BCUT2D eigenvalue weighted by molar-refractivity contribution is 6.31. The number of amides is 1. The van der Waals surface area contributed by atoms with E-state index in [4.69, 9.17) is 25.6 Å². The van der Waals surface area contributed by atoms with E-state index in [1.54, 1.807) is 44.6 Å². The van der Waals surface area contributed by atoms with E-state index < -0.39 is 0 Å². The molecule has 1 amide bonds. The third kappa shape index (κ3) is 4.80.